The maximum absolute atomic E-state index is 12.0. The summed E-state index contributed by atoms with van der Waals surface area (Å²) >= 11 is 0. The number of methoxy groups -OCH3 is 1. The molecule has 3 N–H and O–H groups in total. The molecule has 0 aromatic heterocycles. The number of sulfonamides is 1. The molecule has 1 aromatic rings. The molecular formula is C13H18N2O5S. The molecule has 1 aromatic carbocycles. The van der Waals surface area contributed by atoms with E-state index in [0.29, 0.717) is 12.4 Å². The van der Waals surface area contributed by atoms with Gasteiger partial charge < -0.3 is 14.8 Å². The Bertz CT molecular complexity index is 623. The van der Waals surface area contributed by atoms with Gasteiger partial charge in [-0.05, 0) is 31.0 Å². The van der Waals surface area contributed by atoms with Crippen molar-refractivity contribution < 1.29 is 22.7 Å². The SMILES string of the molecule is COc1ccc(S(N)(=O)=O)cc1NC(=O)CC1CCCO1. The van der Waals surface area contributed by atoms with E-state index in [2.05, 4.69) is 5.32 Å². The number of anilines is 1. The van der Waals surface area contributed by atoms with E-state index < -0.39 is 10.0 Å². The first-order valence-corrected chi connectivity index (χ1v) is 8.07. The second-order valence-electron chi connectivity index (χ2n) is 4.79. The Morgan fingerprint density at radius 2 is 2.29 bits per heavy atom. The number of hydrogen-bond acceptors (Lipinski definition) is 5. The molecule has 1 aliphatic rings. The first-order chi connectivity index (χ1) is 9.90. The summed E-state index contributed by atoms with van der Waals surface area (Å²) in [7, 11) is -2.41. The summed E-state index contributed by atoms with van der Waals surface area (Å²) in [5, 5.41) is 7.72. The molecule has 1 fully saturated rings. The van der Waals surface area contributed by atoms with Crippen LogP contribution in [0.2, 0.25) is 0 Å². The van der Waals surface area contributed by atoms with Crippen LogP contribution >= 0.6 is 0 Å². The molecule has 0 spiro atoms. The Morgan fingerprint density at radius 1 is 1.52 bits per heavy atom. The smallest absolute Gasteiger partial charge is 0.238 e. The van der Waals surface area contributed by atoms with Crippen molar-refractivity contribution in [3.05, 3.63) is 18.2 Å². The summed E-state index contributed by atoms with van der Waals surface area (Å²) in [6, 6.07) is 4.05. The first kappa shape index (κ1) is 15.7. The molecule has 0 saturated carbocycles. The van der Waals surface area contributed by atoms with Crippen LogP contribution in [0.4, 0.5) is 5.69 Å². The van der Waals surface area contributed by atoms with E-state index in [1.54, 1.807) is 0 Å². The van der Waals surface area contributed by atoms with Gasteiger partial charge in [0.25, 0.3) is 0 Å². The van der Waals surface area contributed by atoms with Crippen LogP contribution in [0.1, 0.15) is 19.3 Å². The topological polar surface area (TPSA) is 108 Å². The number of rotatable bonds is 5. The van der Waals surface area contributed by atoms with E-state index in [-0.39, 0.29) is 29.0 Å². The molecule has 0 radical (unpaired) electrons. The Morgan fingerprint density at radius 3 is 2.86 bits per heavy atom. The number of ether oxygens (including phenoxy) is 2. The van der Waals surface area contributed by atoms with Gasteiger partial charge in [0.2, 0.25) is 15.9 Å². The van der Waals surface area contributed by atoms with Crippen LogP contribution in [-0.2, 0) is 19.6 Å². The third kappa shape index (κ3) is 4.16. The minimum atomic E-state index is -3.84. The molecule has 2 rings (SSSR count). The van der Waals surface area contributed by atoms with Crippen LogP contribution in [0.15, 0.2) is 23.1 Å². The lowest BCUT2D eigenvalue weighted by Crippen LogP contribution is -2.20. The Balaban J connectivity index is 2.15. The van der Waals surface area contributed by atoms with Crippen LogP contribution in [0.3, 0.4) is 0 Å². The molecule has 1 saturated heterocycles. The number of hydrogen-bond donors (Lipinski definition) is 2. The van der Waals surface area contributed by atoms with Gasteiger partial charge in [-0.15, -0.1) is 0 Å². The van der Waals surface area contributed by atoms with E-state index in [9.17, 15) is 13.2 Å². The van der Waals surface area contributed by atoms with Gasteiger partial charge in [-0.1, -0.05) is 0 Å². The highest BCUT2D eigenvalue weighted by Crippen LogP contribution is 2.27. The third-order valence-corrected chi connectivity index (χ3v) is 4.12. The number of nitrogens with one attached hydrogen (secondary N) is 1. The minimum absolute atomic E-state index is 0.0857. The van der Waals surface area contributed by atoms with E-state index in [4.69, 9.17) is 14.6 Å². The molecule has 7 nitrogen and oxygen atoms in total. The monoisotopic (exact) mass is 314 g/mol. The predicted molar refractivity (Wildman–Crippen MR) is 76.6 cm³/mol. The van der Waals surface area contributed by atoms with Crippen molar-refractivity contribution >= 4 is 21.6 Å². The van der Waals surface area contributed by atoms with Crippen LogP contribution in [0.25, 0.3) is 0 Å². The van der Waals surface area contributed by atoms with Crippen LogP contribution < -0.4 is 15.2 Å². The number of carbonyl (C=O) groups is 1. The van der Waals surface area contributed by atoms with E-state index in [1.807, 2.05) is 0 Å². The quantitative estimate of drug-likeness (QED) is 0.837. The zero-order valence-corrected chi connectivity index (χ0v) is 12.5. The van der Waals surface area contributed by atoms with Gasteiger partial charge in [0.1, 0.15) is 5.75 Å². The van der Waals surface area contributed by atoms with Gasteiger partial charge in [0.05, 0.1) is 30.2 Å². The number of benzene rings is 1. The molecule has 1 aliphatic heterocycles. The third-order valence-electron chi connectivity index (χ3n) is 3.21. The van der Waals surface area contributed by atoms with Crippen LogP contribution in [0.5, 0.6) is 5.75 Å². The average molecular weight is 314 g/mol. The molecular weight excluding hydrogens is 296 g/mol. The lowest BCUT2D eigenvalue weighted by molar-refractivity contribution is -0.118. The fourth-order valence-electron chi connectivity index (χ4n) is 2.18. The highest BCUT2D eigenvalue weighted by atomic mass is 32.2. The summed E-state index contributed by atoms with van der Waals surface area (Å²) in [4.78, 5) is 11.9. The summed E-state index contributed by atoms with van der Waals surface area (Å²) < 4.78 is 33.2. The number of nitrogens with two attached hydrogens (primary N) is 1. The van der Waals surface area contributed by atoms with Crippen molar-refractivity contribution in [1.29, 1.82) is 0 Å². The molecule has 8 heteroatoms. The second kappa shape index (κ2) is 6.42. The standard InChI is InChI=1S/C13H18N2O5S/c1-19-12-5-4-10(21(14,17)18)8-11(12)15-13(16)7-9-3-2-6-20-9/h4-5,8-9H,2-3,6-7H2,1H3,(H,15,16)(H2,14,17,18). The summed E-state index contributed by atoms with van der Waals surface area (Å²) in [5.41, 5.74) is 0.270. The molecule has 21 heavy (non-hydrogen) atoms. The summed E-state index contributed by atoms with van der Waals surface area (Å²) in [6.07, 6.45) is 1.93. The fraction of sp³-hybridized carbons (Fsp3) is 0.462. The molecule has 116 valence electrons. The van der Waals surface area contributed by atoms with Crippen molar-refractivity contribution in [3.63, 3.8) is 0 Å². The lowest BCUT2D eigenvalue weighted by atomic mass is 10.1. The van der Waals surface area contributed by atoms with Crippen molar-refractivity contribution in [1.82, 2.24) is 0 Å². The van der Waals surface area contributed by atoms with Crippen molar-refractivity contribution in [2.24, 2.45) is 5.14 Å². The average Bonchev–Trinajstić information content (AvgIpc) is 2.90. The zero-order valence-electron chi connectivity index (χ0n) is 11.7. The zero-order chi connectivity index (χ0) is 15.5. The van der Waals surface area contributed by atoms with Gasteiger partial charge >= 0.3 is 0 Å². The second-order valence-corrected chi connectivity index (χ2v) is 6.36. The summed E-state index contributed by atoms with van der Waals surface area (Å²) in [5.74, 6) is 0.106. The lowest BCUT2D eigenvalue weighted by Gasteiger charge is -2.13. The van der Waals surface area contributed by atoms with Crippen molar-refractivity contribution in [2.45, 2.75) is 30.3 Å². The molecule has 1 unspecified atom stereocenters. The highest BCUT2D eigenvalue weighted by molar-refractivity contribution is 7.89. The van der Waals surface area contributed by atoms with E-state index >= 15 is 0 Å². The van der Waals surface area contributed by atoms with Crippen molar-refractivity contribution in [3.8, 4) is 5.75 Å². The van der Waals surface area contributed by atoms with Crippen LogP contribution in [-0.4, -0.2) is 34.1 Å². The summed E-state index contributed by atoms with van der Waals surface area (Å²) in [6.45, 7) is 0.669. The predicted octanol–water partition coefficient (Wildman–Crippen LogP) is 0.850. The van der Waals surface area contributed by atoms with Crippen LogP contribution in [0, 0.1) is 0 Å². The van der Waals surface area contributed by atoms with Gasteiger partial charge in [0, 0.05) is 6.61 Å². The largest absolute Gasteiger partial charge is 0.495 e. The molecule has 0 bridgehead atoms. The fourth-order valence-corrected chi connectivity index (χ4v) is 2.71. The normalized spacial score (nSPS) is 18.5. The Labute approximate surface area is 123 Å². The van der Waals surface area contributed by atoms with Gasteiger partial charge in [-0.25, -0.2) is 13.6 Å². The number of amides is 1. The number of carbonyl (C=O) groups excluding carboxylic acids is 1. The maximum atomic E-state index is 12.0. The minimum Gasteiger partial charge on any atom is -0.495 e. The van der Waals surface area contributed by atoms with Gasteiger partial charge in [0.15, 0.2) is 0 Å². The molecule has 0 aliphatic carbocycles. The van der Waals surface area contributed by atoms with E-state index in [1.165, 1.54) is 25.3 Å². The molecule has 1 amide bonds. The van der Waals surface area contributed by atoms with Gasteiger partial charge in [-0.2, -0.15) is 0 Å². The first-order valence-electron chi connectivity index (χ1n) is 6.52. The van der Waals surface area contributed by atoms with Gasteiger partial charge in [-0.3, -0.25) is 4.79 Å². The maximum Gasteiger partial charge on any atom is 0.238 e. The highest BCUT2D eigenvalue weighted by Gasteiger charge is 2.20. The number of primary sulfonamides is 1. The Hall–Kier alpha value is -1.64. The van der Waals surface area contributed by atoms with E-state index in [0.717, 1.165) is 12.8 Å². The molecule has 1 heterocycles. The Kier molecular flexibility index (Phi) is 4.81. The van der Waals surface area contributed by atoms with Crippen molar-refractivity contribution in [2.75, 3.05) is 19.0 Å². The molecule has 1 atom stereocenters.